The normalized spacial score (nSPS) is 11.7. The number of aromatic nitrogens is 1. The second kappa shape index (κ2) is 7.19. The zero-order chi connectivity index (χ0) is 15.2. The quantitative estimate of drug-likeness (QED) is 0.886. The minimum absolute atomic E-state index is 0.259. The Morgan fingerprint density at radius 3 is 2.67 bits per heavy atom. The summed E-state index contributed by atoms with van der Waals surface area (Å²) < 4.78 is 0. The molecule has 0 fully saturated rings. The lowest BCUT2D eigenvalue weighted by atomic mass is 10.2. The van der Waals surface area contributed by atoms with Crippen LogP contribution in [0, 0.1) is 0 Å². The van der Waals surface area contributed by atoms with Gasteiger partial charge >= 0.3 is 0 Å². The van der Waals surface area contributed by atoms with Crippen LogP contribution >= 0.6 is 22.9 Å². The molecule has 0 radical (unpaired) electrons. The van der Waals surface area contributed by atoms with E-state index in [1.54, 1.807) is 36.7 Å². The maximum atomic E-state index is 12.0. The Bertz CT molecular complexity index is 614. The van der Waals surface area contributed by atoms with Crippen LogP contribution in [0.15, 0.2) is 35.2 Å². The fourth-order valence-corrected chi connectivity index (χ4v) is 2.29. The summed E-state index contributed by atoms with van der Waals surface area (Å²) in [5.74, 6) is -0.576. The molecule has 1 aromatic heterocycles. The summed E-state index contributed by atoms with van der Waals surface area (Å²) >= 11 is 7.23. The van der Waals surface area contributed by atoms with Gasteiger partial charge in [-0.15, -0.1) is 11.3 Å². The van der Waals surface area contributed by atoms with E-state index in [0.717, 1.165) is 5.69 Å². The second-order valence-electron chi connectivity index (χ2n) is 4.40. The first-order valence-electron chi connectivity index (χ1n) is 6.27. The first-order chi connectivity index (χ1) is 10.1. The number of nitrogens with one attached hydrogen (secondary N) is 2. The number of carbonyl (C=O) groups excluding carboxylic acids is 2. The lowest BCUT2D eigenvalue weighted by molar-refractivity contribution is -0.122. The number of amides is 2. The van der Waals surface area contributed by atoms with E-state index in [4.69, 9.17) is 11.6 Å². The molecule has 0 spiro atoms. The first-order valence-corrected chi connectivity index (χ1v) is 7.59. The maximum absolute atomic E-state index is 12.0. The highest BCUT2D eigenvalue weighted by Crippen LogP contribution is 2.09. The summed E-state index contributed by atoms with van der Waals surface area (Å²) in [5.41, 5.74) is 2.95. The molecular formula is C14H14ClN3O2S. The van der Waals surface area contributed by atoms with Crippen molar-refractivity contribution in [1.82, 2.24) is 15.6 Å². The van der Waals surface area contributed by atoms with Crippen molar-refractivity contribution >= 4 is 34.8 Å². The van der Waals surface area contributed by atoms with Gasteiger partial charge in [0, 0.05) is 16.0 Å². The van der Waals surface area contributed by atoms with Crippen molar-refractivity contribution in [3.63, 3.8) is 0 Å². The number of nitrogens with zero attached hydrogens (tertiary/aromatic N) is 1. The fraction of sp³-hybridized carbons (Fsp3) is 0.214. The predicted octanol–water partition coefficient (Wildman–Crippen LogP) is 2.23. The molecule has 0 bridgehead atoms. The molecule has 2 N–H and O–H groups in total. The minimum atomic E-state index is -0.633. The Kier molecular flexibility index (Phi) is 5.30. The summed E-state index contributed by atoms with van der Waals surface area (Å²) in [6.07, 6.45) is 0. The molecule has 2 aromatic rings. The van der Waals surface area contributed by atoms with Gasteiger partial charge in [-0.2, -0.15) is 0 Å². The summed E-state index contributed by atoms with van der Waals surface area (Å²) in [4.78, 5) is 27.9. The van der Waals surface area contributed by atoms with E-state index in [1.165, 1.54) is 11.3 Å². The van der Waals surface area contributed by atoms with Crippen molar-refractivity contribution in [3.8, 4) is 0 Å². The number of hydrogen-bond donors (Lipinski definition) is 2. The number of rotatable bonds is 5. The zero-order valence-electron chi connectivity index (χ0n) is 11.3. The van der Waals surface area contributed by atoms with Crippen molar-refractivity contribution < 1.29 is 9.59 Å². The van der Waals surface area contributed by atoms with Crippen LogP contribution in [-0.4, -0.2) is 22.8 Å². The van der Waals surface area contributed by atoms with Crippen LogP contribution in [-0.2, 0) is 11.3 Å². The van der Waals surface area contributed by atoms with Gasteiger partial charge in [-0.1, -0.05) is 11.6 Å². The van der Waals surface area contributed by atoms with E-state index in [0.29, 0.717) is 17.1 Å². The molecule has 0 aliphatic carbocycles. The smallest absolute Gasteiger partial charge is 0.251 e. The van der Waals surface area contributed by atoms with E-state index in [9.17, 15) is 9.59 Å². The van der Waals surface area contributed by atoms with Crippen LogP contribution in [0.25, 0.3) is 0 Å². The SMILES string of the molecule is C[C@@H](NC(=O)c1ccc(Cl)cc1)C(=O)NCc1cscn1. The Morgan fingerprint density at radius 2 is 2.05 bits per heavy atom. The summed E-state index contributed by atoms with van der Waals surface area (Å²) in [6.45, 7) is 1.98. The minimum Gasteiger partial charge on any atom is -0.349 e. The monoisotopic (exact) mass is 323 g/mol. The van der Waals surface area contributed by atoms with E-state index < -0.39 is 6.04 Å². The van der Waals surface area contributed by atoms with Crippen molar-refractivity contribution in [2.45, 2.75) is 19.5 Å². The number of benzene rings is 1. The van der Waals surface area contributed by atoms with Gasteiger partial charge in [0.05, 0.1) is 17.7 Å². The van der Waals surface area contributed by atoms with Crippen LogP contribution < -0.4 is 10.6 Å². The van der Waals surface area contributed by atoms with E-state index in [1.807, 2.05) is 5.38 Å². The molecule has 2 amide bonds. The van der Waals surface area contributed by atoms with E-state index in [-0.39, 0.29) is 11.8 Å². The van der Waals surface area contributed by atoms with Crippen LogP contribution in [0.4, 0.5) is 0 Å². The number of halogens is 1. The third-order valence-corrected chi connectivity index (χ3v) is 3.66. The van der Waals surface area contributed by atoms with Crippen molar-refractivity contribution in [2.75, 3.05) is 0 Å². The number of carbonyl (C=O) groups is 2. The maximum Gasteiger partial charge on any atom is 0.251 e. The third-order valence-electron chi connectivity index (χ3n) is 2.77. The van der Waals surface area contributed by atoms with Gasteiger partial charge in [0.15, 0.2) is 0 Å². The van der Waals surface area contributed by atoms with Crippen LogP contribution in [0.3, 0.4) is 0 Å². The second-order valence-corrected chi connectivity index (χ2v) is 5.55. The Labute approximate surface area is 131 Å². The Hall–Kier alpha value is -1.92. The third kappa shape index (κ3) is 4.54. The Balaban J connectivity index is 1.85. The molecule has 0 aliphatic rings. The van der Waals surface area contributed by atoms with Gasteiger partial charge in [0.1, 0.15) is 6.04 Å². The summed E-state index contributed by atoms with van der Waals surface area (Å²) in [7, 11) is 0. The summed E-state index contributed by atoms with van der Waals surface area (Å²) in [6, 6.07) is 5.84. The molecule has 0 aliphatic heterocycles. The predicted molar refractivity (Wildman–Crippen MR) is 82.3 cm³/mol. The van der Waals surface area contributed by atoms with Gasteiger partial charge in [0.25, 0.3) is 5.91 Å². The molecule has 5 nitrogen and oxygen atoms in total. The van der Waals surface area contributed by atoms with Gasteiger partial charge in [-0.05, 0) is 31.2 Å². The molecule has 21 heavy (non-hydrogen) atoms. The molecule has 110 valence electrons. The fourth-order valence-electron chi connectivity index (χ4n) is 1.60. The van der Waals surface area contributed by atoms with Gasteiger partial charge in [0.2, 0.25) is 5.91 Å². The number of hydrogen-bond acceptors (Lipinski definition) is 4. The molecule has 1 heterocycles. The highest BCUT2D eigenvalue weighted by atomic mass is 35.5. The molecular weight excluding hydrogens is 310 g/mol. The van der Waals surface area contributed by atoms with Crippen molar-refractivity contribution in [3.05, 3.63) is 51.4 Å². The molecule has 1 aromatic carbocycles. The highest BCUT2D eigenvalue weighted by molar-refractivity contribution is 7.07. The largest absolute Gasteiger partial charge is 0.349 e. The van der Waals surface area contributed by atoms with Crippen molar-refractivity contribution in [2.24, 2.45) is 0 Å². The zero-order valence-corrected chi connectivity index (χ0v) is 12.9. The van der Waals surface area contributed by atoms with Gasteiger partial charge < -0.3 is 10.6 Å². The molecule has 1 atom stereocenters. The number of thiazole rings is 1. The highest BCUT2D eigenvalue weighted by Gasteiger charge is 2.16. The average Bonchev–Trinajstić information content (AvgIpc) is 2.98. The molecule has 0 saturated heterocycles. The van der Waals surface area contributed by atoms with E-state index >= 15 is 0 Å². The average molecular weight is 324 g/mol. The topological polar surface area (TPSA) is 71.1 Å². The van der Waals surface area contributed by atoms with Crippen LogP contribution in [0.5, 0.6) is 0 Å². The Morgan fingerprint density at radius 1 is 1.33 bits per heavy atom. The lowest BCUT2D eigenvalue weighted by Crippen LogP contribution is -2.44. The van der Waals surface area contributed by atoms with Crippen LogP contribution in [0.2, 0.25) is 5.02 Å². The van der Waals surface area contributed by atoms with E-state index in [2.05, 4.69) is 15.6 Å². The summed E-state index contributed by atoms with van der Waals surface area (Å²) in [5, 5.41) is 7.77. The van der Waals surface area contributed by atoms with Gasteiger partial charge in [-0.25, -0.2) is 4.98 Å². The molecule has 0 saturated carbocycles. The molecule has 7 heteroatoms. The van der Waals surface area contributed by atoms with Crippen LogP contribution in [0.1, 0.15) is 23.0 Å². The standard InChI is InChI=1S/C14H14ClN3O2S/c1-9(13(19)16-6-12-7-21-8-17-12)18-14(20)10-2-4-11(15)5-3-10/h2-5,7-9H,6H2,1H3,(H,16,19)(H,18,20)/t9-/m1/s1. The molecule has 2 rings (SSSR count). The van der Waals surface area contributed by atoms with Crippen molar-refractivity contribution in [1.29, 1.82) is 0 Å². The first kappa shape index (κ1) is 15.5. The molecule has 0 unspecified atom stereocenters. The lowest BCUT2D eigenvalue weighted by Gasteiger charge is -2.13. The van der Waals surface area contributed by atoms with Gasteiger partial charge in [-0.3, -0.25) is 9.59 Å².